The van der Waals surface area contributed by atoms with E-state index in [9.17, 15) is 9.59 Å². The normalized spacial score (nSPS) is 17.1. The summed E-state index contributed by atoms with van der Waals surface area (Å²) >= 11 is 1.50. The van der Waals surface area contributed by atoms with Gasteiger partial charge >= 0.3 is 6.09 Å². The molecule has 1 fully saturated rings. The number of methoxy groups -OCH3 is 2. The van der Waals surface area contributed by atoms with Gasteiger partial charge in [-0.1, -0.05) is 24.3 Å². The molecule has 1 saturated heterocycles. The van der Waals surface area contributed by atoms with E-state index in [1.54, 1.807) is 19.1 Å². The second kappa shape index (κ2) is 10.7. The first-order valence-electron chi connectivity index (χ1n) is 12.0. The molecule has 2 aliphatic rings. The highest BCUT2D eigenvalue weighted by Gasteiger charge is 2.32. The largest absolute Gasteiger partial charge is 0.493 e. The third-order valence-electron chi connectivity index (χ3n) is 6.46. The first-order chi connectivity index (χ1) is 17.6. The molecular weight excluding hydrogens is 478 g/mol. The molecule has 3 aromatic carbocycles. The summed E-state index contributed by atoms with van der Waals surface area (Å²) in [4.78, 5) is 26.9. The molecule has 0 aromatic heterocycles. The molecule has 5 rings (SSSR count). The van der Waals surface area contributed by atoms with Crippen LogP contribution >= 0.6 is 11.8 Å². The van der Waals surface area contributed by atoms with Gasteiger partial charge < -0.3 is 24.8 Å². The van der Waals surface area contributed by atoms with Crippen LogP contribution < -0.4 is 25.0 Å². The fourth-order valence-corrected chi connectivity index (χ4v) is 5.50. The van der Waals surface area contributed by atoms with E-state index in [2.05, 4.69) is 22.8 Å². The summed E-state index contributed by atoms with van der Waals surface area (Å²) in [6.07, 6.45) is 1.08. The molecule has 0 radical (unpaired) electrons. The number of hydrogen-bond donors (Lipinski definition) is 2. The number of cyclic esters (lactones) is 1. The van der Waals surface area contributed by atoms with Crippen molar-refractivity contribution in [3.05, 3.63) is 54.1 Å². The number of hydrogen-bond acceptors (Lipinski definition) is 7. The van der Waals surface area contributed by atoms with Crippen LogP contribution in [0.25, 0.3) is 10.8 Å². The minimum atomic E-state index is -0.352. The van der Waals surface area contributed by atoms with Crippen molar-refractivity contribution in [1.82, 2.24) is 5.32 Å². The Labute approximate surface area is 214 Å². The van der Waals surface area contributed by atoms with Gasteiger partial charge in [-0.2, -0.15) is 0 Å². The van der Waals surface area contributed by atoms with Crippen molar-refractivity contribution < 1.29 is 23.8 Å². The van der Waals surface area contributed by atoms with Crippen LogP contribution in [-0.2, 0) is 16.1 Å². The third kappa shape index (κ3) is 4.94. The van der Waals surface area contributed by atoms with Crippen LogP contribution in [0.2, 0.25) is 0 Å². The van der Waals surface area contributed by atoms with E-state index in [0.29, 0.717) is 24.6 Å². The maximum absolute atomic E-state index is 12.5. The summed E-state index contributed by atoms with van der Waals surface area (Å²) in [5, 5.41) is 8.61. The van der Waals surface area contributed by atoms with E-state index in [1.165, 1.54) is 11.8 Å². The highest BCUT2D eigenvalue weighted by molar-refractivity contribution is 8.00. The molecule has 8 nitrogen and oxygen atoms in total. The van der Waals surface area contributed by atoms with Crippen LogP contribution in [0, 0.1) is 0 Å². The zero-order valence-corrected chi connectivity index (χ0v) is 21.2. The summed E-state index contributed by atoms with van der Waals surface area (Å²) < 4.78 is 16.8. The van der Waals surface area contributed by atoms with E-state index in [1.807, 2.05) is 36.4 Å². The average Bonchev–Trinajstić information content (AvgIpc) is 3.27. The second-order valence-electron chi connectivity index (χ2n) is 8.76. The monoisotopic (exact) mass is 507 g/mol. The lowest BCUT2D eigenvalue weighted by Crippen LogP contribution is -2.25. The molecule has 2 heterocycles. The summed E-state index contributed by atoms with van der Waals surface area (Å²) in [5.74, 6) is 1.84. The highest BCUT2D eigenvalue weighted by Crippen LogP contribution is 2.38. The molecule has 0 bridgehead atoms. The van der Waals surface area contributed by atoms with Crippen molar-refractivity contribution in [2.45, 2.75) is 30.4 Å². The molecule has 9 heteroatoms. The van der Waals surface area contributed by atoms with Gasteiger partial charge in [0, 0.05) is 22.7 Å². The molecular formula is C27H29N3O5S. The fourth-order valence-electron chi connectivity index (χ4n) is 4.72. The van der Waals surface area contributed by atoms with Gasteiger partial charge in [-0.15, -0.1) is 11.8 Å². The van der Waals surface area contributed by atoms with Crippen molar-refractivity contribution in [3.63, 3.8) is 0 Å². The molecule has 3 aromatic rings. The zero-order valence-electron chi connectivity index (χ0n) is 20.3. The van der Waals surface area contributed by atoms with Crippen LogP contribution in [0.15, 0.2) is 53.4 Å². The number of nitrogens with zero attached hydrogens (tertiary/aromatic N) is 1. The Kier molecular flexibility index (Phi) is 7.20. The van der Waals surface area contributed by atoms with E-state index in [4.69, 9.17) is 14.2 Å². The third-order valence-corrected chi connectivity index (χ3v) is 7.53. The Morgan fingerprint density at radius 2 is 2.00 bits per heavy atom. The highest BCUT2D eigenvalue weighted by atomic mass is 32.2. The van der Waals surface area contributed by atoms with Crippen LogP contribution in [-0.4, -0.2) is 51.2 Å². The molecule has 188 valence electrons. The molecule has 36 heavy (non-hydrogen) atoms. The predicted molar refractivity (Wildman–Crippen MR) is 141 cm³/mol. The minimum Gasteiger partial charge on any atom is -0.493 e. The molecule has 2 amide bonds. The number of carbonyl (C=O) groups is 2. The molecule has 0 aliphatic carbocycles. The summed E-state index contributed by atoms with van der Waals surface area (Å²) in [7, 11) is 3.31. The number of ether oxygens (including phenoxy) is 3. The summed E-state index contributed by atoms with van der Waals surface area (Å²) in [6.45, 7) is 1.90. The smallest absolute Gasteiger partial charge is 0.414 e. The number of amides is 2. The van der Waals surface area contributed by atoms with Gasteiger partial charge in [0.15, 0.2) is 11.5 Å². The van der Waals surface area contributed by atoms with Crippen LogP contribution in [0.4, 0.5) is 16.2 Å². The Morgan fingerprint density at radius 3 is 2.83 bits per heavy atom. The standard InChI is InChI=1S/C27H29N3O5S/c1-33-23-12-17-6-3-4-8-20(17)21(26(23)34-2)14-28-11-5-7-19-15-30(27(32)35-19)18-9-10-24-22(13-18)29-25(31)16-36-24/h3-4,6,8-10,12-13,19,28H,5,7,11,14-16H2,1-2H3,(H,29,31). The lowest BCUT2D eigenvalue weighted by atomic mass is 10.0. The lowest BCUT2D eigenvalue weighted by Gasteiger charge is -2.20. The van der Waals surface area contributed by atoms with Gasteiger partial charge in [0.05, 0.1) is 32.2 Å². The average molecular weight is 508 g/mol. The van der Waals surface area contributed by atoms with E-state index >= 15 is 0 Å². The van der Waals surface area contributed by atoms with Crippen LogP contribution in [0.1, 0.15) is 18.4 Å². The SMILES string of the molecule is COc1cc2ccccc2c(CNCCCC2CN(c3ccc4c(c3)NC(=O)CS4)C(=O)O2)c1OC. The zero-order chi connectivity index (χ0) is 25.1. The number of nitrogens with one attached hydrogen (secondary N) is 2. The molecule has 1 atom stereocenters. The van der Waals surface area contributed by atoms with E-state index in [-0.39, 0.29) is 18.1 Å². The topological polar surface area (TPSA) is 89.1 Å². The predicted octanol–water partition coefficient (Wildman–Crippen LogP) is 4.80. The number of anilines is 2. The summed E-state index contributed by atoms with van der Waals surface area (Å²) in [5.41, 5.74) is 2.54. The van der Waals surface area contributed by atoms with Crippen molar-refractivity contribution in [2.75, 3.05) is 43.3 Å². The van der Waals surface area contributed by atoms with E-state index < -0.39 is 0 Å². The molecule has 0 spiro atoms. The number of thioether (sulfide) groups is 1. The van der Waals surface area contributed by atoms with Crippen molar-refractivity contribution in [3.8, 4) is 11.5 Å². The van der Waals surface area contributed by atoms with Crippen LogP contribution in [0.3, 0.4) is 0 Å². The Balaban J connectivity index is 1.16. The van der Waals surface area contributed by atoms with Gasteiger partial charge in [0.1, 0.15) is 6.10 Å². The fraction of sp³-hybridized carbons (Fsp3) is 0.333. The lowest BCUT2D eigenvalue weighted by molar-refractivity contribution is -0.113. The first-order valence-corrected chi connectivity index (χ1v) is 12.9. The second-order valence-corrected chi connectivity index (χ2v) is 9.78. The number of benzene rings is 3. The maximum atomic E-state index is 12.5. The minimum absolute atomic E-state index is 0.0291. The van der Waals surface area contributed by atoms with Crippen molar-refractivity contribution in [2.24, 2.45) is 0 Å². The van der Waals surface area contributed by atoms with Crippen molar-refractivity contribution in [1.29, 1.82) is 0 Å². The van der Waals surface area contributed by atoms with Gasteiger partial charge in [-0.3, -0.25) is 9.69 Å². The van der Waals surface area contributed by atoms with Crippen molar-refractivity contribution >= 4 is 45.9 Å². The molecule has 0 saturated carbocycles. The van der Waals surface area contributed by atoms with Gasteiger partial charge in [0.2, 0.25) is 5.91 Å². The van der Waals surface area contributed by atoms with Gasteiger partial charge in [-0.05, 0) is 54.4 Å². The maximum Gasteiger partial charge on any atom is 0.414 e. The first kappa shape index (κ1) is 24.3. The quantitative estimate of drug-likeness (QED) is 0.402. The van der Waals surface area contributed by atoms with Gasteiger partial charge in [0.25, 0.3) is 0 Å². The number of rotatable bonds is 9. The van der Waals surface area contributed by atoms with Gasteiger partial charge in [-0.25, -0.2) is 4.79 Å². The summed E-state index contributed by atoms with van der Waals surface area (Å²) in [6, 6.07) is 15.9. The molecule has 1 unspecified atom stereocenters. The molecule has 2 N–H and O–H groups in total. The molecule has 2 aliphatic heterocycles. The Morgan fingerprint density at radius 1 is 1.14 bits per heavy atom. The van der Waals surface area contributed by atoms with E-state index in [0.717, 1.165) is 57.7 Å². The Bertz CT molecular complexity index is 1300. The van der Waals surface area contributed by atoms with Crippen LogP contribution in [0.5, 0.6) is 11.5 Å². The Hall–Kier alpha value is -3.43. The number of carbonyl (C=O) groups excluding carboxylic acids is 2. The number of fused-ring (bicyclic) bond motifs is 2.